The highest BCUT2D eigenvalue weighted by Crippen LogP contribution is 2.19. The molecular weight excluding hydrogens is 200 g/mol. The van der Waals surface area contributed by atoms with Gasteiger partial charge in [-0.2, -0.15) is 0 Å². The average molecular weight is 218 g/mol. The Labute approximate surface area is 96.5 Å². The van der Waals surface area contributed by atoms with Gasteiger partial charge in [0.05, 0.1) is 0 Å². The van der Waals surface area contributed by atoms with E-state index in [0.717, 1.165) is 30.8 Å². The first kappa shape index (κ1) is 11.1. The lowest BCUT2D eigenvalue weighted by molar-refractivity contribution is 0.112. The molecule has 1 aromatic rings. The van der Waals surface area contributed by atoms with Crippen LogP contribution in [0.5, 0.6) is 0 Å². The Morgan fingerprint density at radius 3 is 2.50 bits per heavy atom. The Balaban J connectivity index is 2.19. The van der Waals surface area contributed by atoms with E-state index in [1.54, 1.807) is 6.20 Å². The summed E-state index contributed by atoms with van der Waals surface area (Å²) in [6, 6.07) is 2.02. The van der Waals surface area contributed by atoms with E-state index >= 15 is 0 Å². The number of hydrogen-bond donors (Lipinski definition) is 0. The van der Waals surface area contributed by atoms with Crippen LogP contribution >= 0.6 is 0 Å². The summed E-state index contributed by atoms with van der Waals surface area (Å²) in [5.74, 6) is 1.02. The molecule has 86 valence electrons. The lowest BCUT2D eigenvalue weighted by Gasteiger charge is -2.21. The fourth-order valence-electron chi connectivity index (χ4n) is 2.15. The van der Waals surface area contributed by atoms with Gasteiger partial charge in [-0.3, -0.25) is 4.79 Å². The maximum atomic E-state index is 10.7. The minimum atomic E-state index is 0.693. The van der Waals surface area contributed by atoms with E-state index in [1.807, 2.05) is 13.0 Å². The van der Waals surface area contributed by atoms with Crippen molar-refractivity contribution in [3.05, 3.63) is 23.4 Å². The largest absolute Gasteiger partial charge is 0.357 e. The predicted molar refractivity (Wildman–Crippen MR) is 65.0 cm³/mol. The smallest absolute Gasteiger partial charge is 0.151 e. The van der Waals surface area contributed by atoms with Crippen molar-refractivity contribution in [3.63, 3.8) is 0 Å². The van der Waals surface area contributed by atoms with Gasteiger partial charge in [0.15, 0.2) is 6.29 Å². The Bertz CT molecular complexity index is 368. The van der Waals surface area contributed by atoms with Gasteiger partial charge in [0.2, 0.25) is 0 Å². The van der Waals surface area contributed by atoms with Crippen LogP contribution in [0.3, 0.4) is 0 Å². The van der Waals surface area contributed by atoms with Gasteiger partial charge in [0.1, 0.15) is 5.82 Å². The molecular formula is C13H18N2O. The molecule has 2 heterocycles. The zero-order valence-electron chi connectivity index (χ0n) is 9.78. The van der Waals surface area contributed by atoms with E-state index in [9.17, 15) is 4.79 Å². The third kappa shape index (κ3) is 2.40. The molecule has 0 amide bonds. The molecule has 2 rings (SSSR count). The number of aldehydes is 1. The molecule has 3 heteroatoms. The third-order valence-corrected chi connectivity index (χ3v) is 3.19. The molecule has 16 heavy (non-hydrogen) atoms. The molecule has 0 unspecified atom stereocenters. The Hall–Kier alpha value is -1.38. The standard InChI is InChI=1S/C13H18N2O/c1-11-8-13(14-9-12(11)10-16)15-6-4-2-3-5-7-15/h8-10H,2-7H2,1H3. The molecule has 0 saturated carbocycles. The van der Waals surface area contributed by atoms with Crippen molar-refractivity contribution in [1.82, 2.24) is 4.98 Å². The molecule has 1 aliphatic heterocycles. The summed E-state index contributed by atoms with van der Waals surface area (Å²) in [6.45, 7) is 4.15. The van der Waals surface area contributed by atoms with Crippen LogP contribution in [0, 0.1) is 6.92 Å². The molecule has 0 atom stereocenters. The highest BCUT2D eigenvalue weighted by molar-refractivity contribution is 5.77. The lowest BCUT2D eigenvalue weighted by Crippen LogP contribution is -2.25. The van der Waals surface area contributed by atoms with Crippen LogP contribution in [-0.4, -0.2) is 24.4 Å². The number of carbonyl (C=O) groups excluding carboxylic acids is 1. The van der Waals surface area contributed by atoms with Crippen LogP contribution in [0.1, 0.15) is 41.6 Å². The number of carbonyl (C=O) groups is 1. The summed E-state index contributed by atoms with van der Waals surface area (Å²) in [4.78, 5) is 17.4. The SMILES string of the molecule is Cc1cc(N2CCCCCC2)ncc1C=O. The molecule has 0 aliphatic carbocycles. The predicted octanol–water partition coefficient (Wildman–Crippen LogP) is 2.58. The fourth-order valence-corrected chi connectivity index (χ4v) is 2.15. The third-order valence-electron chi connectivity index (χ3n) is 3.19. The molecule has 0 spiro atoms. The lowest BCUT2D eigenvalue weighted by atomic mass is 10.2. The molecule has 0 bridgehead atoms. The van der Waals surface area contributed by atoms with Gasteiger partial charge in [0.25, 0.3) is 0 Å². The monoisotopic (exact) mass is 218 g/mol. The Morgan fingerprint density at radius 1 is 1.25 bits per heavy atom. The summed E-state index contributed by atoms with van der Waals surface area (Å²) in [6.07, 6.45) is 7.69. The normalized spacial score (nSPS) is 16.9. The van der Waals surface area contributed by atoms with E-state index in [1.165, 1.54) is 25.7 Å². The maximum absolute atomic E-state index is 10.7. The highest BCUT2D eigenvalue weighted by Gasteiger charge is 2.11. The second-order valence-corrected chi connectivity index (χ2v) is 4.42. The number of nitrogens with zero attached hydrogens (tertiary/aromatic N) is 2. The van der Waals surface area contributed by atoms with Crippen LogP contribution in [0.25, 0.3) is 0 Å². The minimum Gasteiger partial charge on any atom is -0.357 e. The van der Waals surface area contributed by atoms with Crippen LogP contribution in [-0.2, 0) is 0 Å². The number of aryl methyl sites for hydroxylation is 1. The minimum absolute atomic E-state index is 0.693. The van der Waals surface area contributed by atoms with Gasteiger partial charge in [0, 0.05) is 24.8 Å². The molecule has 1 aliphatic rings. The summed E-state index contributed by atoms with van der Waals surface area (Å²) in [5.41, 5.74) is 1.71. The van der Waals surface area contributed by atoms with Crippen LogP contribution < -0.4 is 4.90 Å². The topological polar surface area (TPSA) is 33.2 Å². The van der Waals surface area contributed by atoms with Crippen molar-refractivity contribution in [1.29, 1.82) is 0 Å². The van der Waals surface area contributed by atoms with Crippen molar-refractivity contribution in [2.75, 3.05) is 18.0 Å². The summed E-state index contributed by atoms with van der Waals surface area (Å²) in [5, 5.41) is 0. The number of rotatable bonds is 2. The molecule has 0 N–H and O–H groups in total. The van der Waals surface area contributed by atoms with Crippen LogP contribution in [0.2, 0.25) is 0 Å². The number of aromatic nitrogens is 1. The van der Waals surface area contributed by atoms with Gasteiger partial charge < -0.3 is 4.90 Å². The summed E-state index contributed by atoms with van der Waals surface area (Å²) >= 11 is 0. The number of pyridine rings is 1. The fraction of sp³-hybridized carbons (Fsp3) is 0.538. The van der Waals surface area contributed by atoms with Crippen LogP contribution in [0.15, 0.2) is 12.3 Å². The second kappa shape index (κ2) is 5.10. The van der Waals surface area contributed by atoms with Crippen molar-refractivity contribution in [2.24, 2.45) is 0 Å². The molecule has 1 fully saturated rings. The molecule has 0 aromatic carbocycles. The maximum Gasteiger partial charge on any atom is 0.151 e. The van der Waals surface area contributed by atoms with E-state index in [2.05, 4.69) is 9.88 Å². The first-order valence-corrected chi connectivity index (χ1v) is 5.98. The average Bonchev–Trinajstić information content (AvgIpc) is 2.57. The van der Waals surface area contributed by atoms with E-state index < -0.39 is 0 Å². The first-order valence-electron chi connectivity index (χ1n) is 5.98. The Morgan fingerprint density at radius 2 is 1.94 bits per heavy atom. The molecule has 0 radical (unpaired) electrons. The molecule has 1 saturated heterocycles. The zero-order chi connectivity index (χ0) is 11.4. The van der Waals surface area contributed by atoms with E-state index in [-0.39, 0.29) is 0 Å². The van der Waals surface area contributed by atoms with Crippen LogP contribution in [0.4, 0.5) is 5.82 Å². The Kier molecular flexibility index (Phi) is 3.54. The zero-order valence-corrected chi connectivity index (χ0v) is 9.78. The summed E-state index contributed by atoms with van der Waals surface area (Å²) in [7, 11) is 0. The first-order chi connectivity index (χ1) is 7.81. The van der Waals surface area contributed by atoms with Crippen molar-refractivity contribution in [3.8, 4) is 0 Å². The van der Waals surface area contributed by atoms with Gasteiger partial charge >= 0.3 is 0 Å². The second-order valence-electron chi connectivity index (χ2n) is 4.42. The number of anilines is 1. The van der Waals surface area contributed by atoms with E-state index in [0.29, 0.717) is 5.56 Å². The van der Waals surface area contributed by atoms with Crippen molar-refractivity contribution >= 4 is 12.1 Å². The summed E-state index contributed by atoms with van der Waals surface area (Å²) < 4.78 is 0. The van der Waals surface area contributed by atoms with Crippen molar-refractivity contribution < 1.29 is 4.79 Å². The van der Waals surface area contributed by atoms with Gasteiger partial charge in [-0.1, -0.05) is 12.8 Å². The van der Waals surface area contributed by atoms with Gasteiger partial charge in [-0.25, -0.2) is 4.98 Å². The molecule has 3 nitrogen and oxygen atoms in total. The highest BCUT2D eigenvalue weighted by atomic mass is 16.1. The molecule has 1 aromatic heterocycles. The van der Waals surface area contributed by atoms with E-state index in [4.69, 9.17) is 0 Å². The number of hydrogen-bond acceptors (Lipinski definition) is 3. The van der Waals surface area contributed by atoms with Gasteiger partial charge in [-0.15, -0.1) is 0 Å². The van der Waals surface area contributed by atoms with Crippen molar-refractivity contribution in [2.45, 2.75) is 32.6 Å². The quantitative estimate of drug-likeness (QED) is 0.715. The van der Waals surface area contributed by atoms with Gasteiger partial charge in [-0.05, 0) is 31.4 Å².